The van der Waals surface area contributed by atoms with Crippen LogP contribution in [0.1, 0.15) is 32.6 Å². The number of para-hydroxylation sites is 2. The van der Waals surface area contributed by atoms with Gasteiger partial charge in [0.05, 0.1) is 0 Å². The number of benzene rings is 2. The minimum absolute atomic E-state index is 0.312. The van der Waals surface area contributed by atoms with E-state index in [1.165, 1.54) is 41.1 Å². The Morgan fingerprint density at radius 2 is 1.45 bits per heavy atom. The summed E-state index contributed by atoms with van der Waals surface area (Å²) >= 11 is 0. The van der Waals surface area contributed by atoms with Gasteiger partial charge in [-0.25, -0.2) is 0 Å². The largest absolute Gasteiger partial charge is 0.396 e. The van der Waals surface area contributed by atoms with Gasteiger partial charge in [0.25, 0.3) is 0 Å². The molecule has 3 aromatic rings. The third-order valence-corrected chi connectivity index (χ3v) is 4.57. The van der Waals surface area contributed by atoms with Crippen LogP contribution < -0.4 is 0 Å². The van der Waals surface area contributed by atoms with Crippen molar-refractivity contribution in [3.63, 3.8) is 0 Å². The number of aromatic nitrogens is 1. The van der Waals surface area contributed by atoms with Crippen LogP contribution in [0.15, 0.2) is 48.5 Å². The number of nitrogens with zero attached hydrogens (tertiary/aromatic N) is 1. The summed E-state index contributed by atoms with van der Waals surface area (Å²) in [7, 11) is 0. The molecule has 0 radical (unpaired) electrons. The molecule has 22 heavy (non-hydrogen) atoms. The van der Waals surface area contributed by atoms with Crippen molar-refractivity contribution in [3.8, 4) is 0 Å². The van der Waals surface area contributed by atoms with Crippen molar-refractivity contribution in [3.05, 3.63) is 48.5 Å². The molecule has 0 aliphatic heterocycles. The second-order valence-electron chi connectivity index (χ2n) is 6.32. The minimum Gasteiger partial charge on any atom is -0.396 e. The topological polar surface area (TPSA) is 25.2 Å². The summed E-state index contributed by atoms with van der Waals surface area (Å²) in [5.41, 5.74) is 2.68. The molecular formula is C20H25NO. The first-order valence-corrected chi connectivity index (χ1v) is 8.38. The van der Waals surface area contributed by atoms with Gasteiger partial charge in [0.15, 0.2) is 0 Å². The monoisotopic (exact) mass is 295 g/mol. The highest BCUT2D eigenvalue weighted by atomic mass is 16.3. The number of unbranched alkanes of at least 4 members (excludes halogenated alkanes) is 2. The Bertz CT molecular complexity index is 690. The van der Waals surface area contributed by atoms with Crippen LogP contribution in [-0.4, -0.2) is 16.3 Å². The standard InChI is InChI=1S/C20H25NO/c1-16(15-22)9-3-2-8-14-21-19-12-6-4-10-17(19)18-11-5-7-13-20(18)21/h4-7,10-13,16,22H,2-3,8-9,14-15H2,1H3. The summed E-state index contributed by atoms with van der Waals surface area (Å²) in [6.45, 7) is 3.50. The molecular weight excluding hydrogens is 270 g/mol. The molecule has 1 aromatic heterocycles. The van der Waals surface area contributed by atoms with Gasteiger partial charge < -0.3 is 9.67 Å². The Morgan fingerprint density at radius 3 is 2.05 bits per heavy atom. The number of hydrogen-bond donors (Lipinski definition) is 1. The lowest BCUT2D eigenvalue weighted by molar-refractivity contribution is 0.227. The quantitative estimate of drug-likeness (QED) is 0.611. The summed E-state index contributed by atoms with van der Waals surface area (Å²) in [4.78, 5) is 0. The van der Waals surface area contributed by atoms with Crippen molar-refractivity contribution in [2.45, 2.75) is 39.2 Å². The van der Waals surface area contributed by atoms with E-state index in [2.05, 4.69) is 60.0 Å². The fourth-order valence-electron chi connectivity index (χ4n) is 3.27. The Morgan fingerprint density at radius 1 is 0.864 bits per heavy atom. The molecule has 0 aliphatic rings. The molecule has 0 bridgehead atoms. The maximum absolute atomic E-state index is 9.07. The van der Waals surface area contributed by atoms with Gasteiger partial charge in [0, 0.05) is 35.0 Å². The number of fused-ring (bicyclic) bond motifs is 3. The van der Waals surface area contributed by atoms with Crippen molar-refractivity contribution in [2.75, 3.05) is 6.61 Å². The SMILES string of the molecule is CC(CO)CCCCCn1c2ccccc2c2ccccc21. The third-order valence-electron chi connectivity index (χ3n) is 4.57. The average Bonchev–Trinajstić information content (AvgIpc) is 2.89. The fraction of sp³-hybridized carbons (Fsp3) is 0.400. The van der Waals surface area contributed by atoms with Gasteiger partial charge in [-0.2, -0.15) is 0 Å². The molecule has 0 amide bonds. The molecule has 2 aromatic carbocycles. The Hall–Kier alpha value is -1.80. The first kappa shape index (κ1) is 15.1. The molecule has 3 rings (SSSR count). The van der Waals surface area contributed by atoms with Gasteiger partial charge in [-0.05, 0) is 30.9 Å². The van der Waals surface area contributed by atoms with Gasteiger partial charge in [-0.1, -0.05) is 56.2 Å². The summed E-state index contributed by atoms with van der Waals surface area (Å²) in [6.07, 6.45) is 4.76. The molecule has 1 heterocycles. The van der Waals surface area contributed by atoms with Crippen LogP contribution in [0.2, 0.25) is 0 Å². The zero-order valence-corrected chi connectivity index (χ0v) is 13.3. The van der Waals surface area contributed by atoms with Crippen LogP contribution in [0.25, 0.3) is 21.8 Å². The van der Waals surface area contributed by atoms with Crippen LogP contribution in [-0.2, 0) is 6.54 Å². The minimum atomic E-state index is 0.312. The zero-order valence-electron chi connectivity index (χ0n) is 13.3. The molecule has 0 saturated carbocycles. The Labute approximate surface area is 132 Å². The lowest BCUT2D eigenvalue weighted by Crippen LogP contribution is -2.01. The summed E-state index contributed by atoms with van der Waals surface area (Å²) in [5.74, 6) is 0.438. The summed E-state index contributed by atoms with van der Waals surface area (Å²) < 4.78 is 2.46. The number of aryl methyl sites for hydroxylation is 1. The van der Waals surface area contributed by atoms with Crippen molar-refractivity contribution in [1.29, 1.82) is 0 Å². The second-order valence-corrected chi connectivity index (χ2v) is 6.32. The molecule has 2 heteroatoms. The molecule has 1 N–H and O–H groups in total. The van der Waals surface area contributed by atoms with Gasteiger partial charge in [0.2, 0.25) is 0 Å². The molecule has 1 unspecified atom stereocenters. The number of rotatable bonds is 7. The first-order chi connectivity index (χ1) is 10.8. The molecule has 0 spiro atoms. The molecule has 0 fully saturated rings. The normalized spacial score (nSPS) is 13.0. The second kappa shape index (κ2) is 6.97. The van der Waals surface area contributed by atoms with Crippen LogP contribution in [0.4, 0.5) is 0 Å². The van der Waals surface area contributed by atoms with E-state index in [1.54, 1.807) is 0 Å². The van der Waals surface area contributed by atoms with Crippen LogP contribution in [0, 0.1) is 5.92 Å². The maximum atomic E-state index is 9.07. The Balaban J connectivity index is 1.75. The van der Waals surface area contributed by atoms with Crippen molar-refractivity contribution in [2.24, 2.45) is 5.92 Å². The van der Waals surface area contributed by atoms with Gasteiger partial charge in [-0.3, -0.25) is 0 Å². The predicted octanol–water partition coefficient (Wildman–Crippen LogP) is 4.98. The van der Waals surface area contributed by atoms with E-state index in [-0.39, 0.29) is 0 Å². The van der Waals surface area contributed by atoms with Crippen molar-refractivity contribution in [1.82, 2.24) is 4.57 Å². The number of hydrogen-bond acceptors (Lipinski definition) is 1. The fourth-order valence-corrected chi connectivity index (χ4v) is 3.27. The number of aliphatic hydroxyl groups excluding tert-OH is 1. The maximum Gasteiger partial charge on any atom is 0.0491 e. The van der Waals surface area contributed by atoms with Crippen molar-refractivity contribution < 1.29 is 5.11 Å². The van der Waals surface area contributed by atoms with E-state index in [4.69, 9.17) is 5.11 Å². The lowest BCUT2D eigenvalue weighted by atomic mass is 10.0. The first-order valence-electron chi connectivity index (χ1n) is 8.38. The molecule has 116 valence electrons. The van der Waals surface area contributed by atoms with E-state index in [1.807, 2.05) is 0 Å². The van der Waals surface area contributed by atoms with Crippen LogP contribution >= 0.6 is 0 Å². The smallest absolute Gasteiger partial charge is 0.0491 e. The average molecular weight is 295 g/mol. The van der Waals surface area contributed by atoms with Crippen LogP contribution in [0.5, 0.6) is 0 Å². The van der Waals surface area contributed by atoms with E-state index in [0.29, 0.717) is 12.5 Å². The predicted molar refractivity (Wildman–Crippen MR) is 94.2 cm³/mol. The van der Waals surface area contributed by atoms with E-state index in [0.717, 1.165) is 13.0 Å². The molecule has 2 nitrogen and oxygen atoms in total. The molecule has 1 atom stereocenters. The third kappa shape index (κ3) is 3.02. The van der Waals surface area contributed by atoms with Crippen LogP contribution in [0.3, 0.4) is 0 Å². The summed E-state index contributed by atoms with van der Waals surface area (Å²) in [6, 6.07) is 17.4. The highest BCUT2D eigenvalue weighted by molar-refractivity contribution is 6.07. The Kier molecular flexibility index (Phi) is 4.79. The van der Waals surface area contributed by atoms with Crippen molar-refractivity contribution >= 4 is 21.8 Å². The van der Waals surface area contributed by atoms with Gasteiger partial charge in [-0.15, -0.1) is 0 Å². The van der Waals surface area contributed by atoms with E-state index in [9.17, 15) is 0 Å². The molecule has 0 aliphatic carbocycles. The zero-order chi connectivity index (χ0) is 15.4. The molecule has 0 saturated heterocycles. The van der Waals surface area contributed by atoms with E-state index >= 15 is 0 Å². The van der Waals surface area contributed by atoms with Gasteiger partial charge in [0.1, 0.15) is 0 Å². The van der Waals surface area contributed by atoms with E-state index < -0.39 is 0 Å². The number of aliphatic hydroxyl groups is 1. The highest BCUT2D eigenvalue weighted by Crippen LogP contribution is 2.29. The lowest BCUT2D eigenvalue weighted by Gasteiger charge is -2.09. The van der Waals surface area contributed by atoms with Gasteiger partial charge >= 0.3 is 0 Å². The summed E-state index contributed by atoms with van der Waals surface area (Å²) in [5, 5.41) is 11.8. The highest BCUT2D eigenvalue weighted by Gasteiger charge is 2.09.